The third kappa shape index (κ3) is 5.62. The van der Waals surface area contributed by atoms with Crippen molar-refractivity contribution in [2.45, 2.75) is 6.54 Å². The number of hydrogen-bond acceptors (Lipinski definition) is 6. The molecule has 6 heteroatoms. The Bertz CT molecular complexity index is 905. The van der Waals surface area contributed by atoms with Gasteiger partial charge in [-0.15, -0.1) is 0 Å². The maximum atomic E-state index is 4.68. The summed E-state index contributed by atoms with van der Waals surface area (Å²) in [6.07, 6.45) is 8.05. The van der Waals surface area contributed by atoms with Gasteiger partial charge in [0.2, 0.25) is 5.95 Å². The van der Waals surface area contributed by atoms with Gasteiger partial charge in [-0.3, -0.25) is 9.88 Å². The second kappa shape index (κ2) is 9.80. The summed E-state index contributed by atoms with van der Waals surface area (Å²) in [6, 6.07) is 18.3. The van der Waals surface area contributed by atoms with Gasteiger partial charge in [-0.2, -0.15) is 4.98 Å². The van der Waals surface area contributed by atoms with Crippen molar-refractivity contribution in [1.29, 1.82) is 0 Å². The van der Waals surface area contributed by atoms with Crippen molar-refractivity contribution in [2.75, 3.05) is 42.9 Å². The highest BCUT2D eigenvalue weighted by Crippen LogP contribution is 2.15. The monoisotopic (exact) mass is 386 g/mol. The van der Waals surface area contributed by atoms with Crippen molar-refractivity contribution in [1.82, 2.24) is 19.9 Å². The molecular formula is C23H26N6. The molecule has 148 valence electrons. The summed E-state index contributed by atoms with van der Waals surface area (Å²) in [5.74, 6) is 1.62. The first-order valence-electron chi connectivity index (χ1n) is 10.0. The summed E-state index contributed by atoms with van der Waals surface area (Å²) in [4.78, 5) is 18.1. The minimum atomic E-state index is 0.617. The molecule has 4 rings (SSSR count). The smallest absolute Gasteiger partial charge is 0.224 e. The van der Waals surface area contributed by atoms with E-state index < -0.39 is 0 Å². The molecule has 1 fully saturated rings. The van der Waals surface area contributed by atoms with Crippen LogP contribution < -0.4 is 10.2 Å². The number of benzene rings is 1. The molecule has 1 aromatic carbocycles. The fourth-order valence-corrected chi connectivity index (χ4v) is 3.34. The summed E-state index contributed by atoms with van der Waals surface area (Å²) in [5.41, 5.74) is 2.22. The quantitative estimate of drug-likeness (QED) is 0.672. The molecule has 0 saturated carbocycles. The van der Waals surface area contributed by atoms with Gasteiger partial charge in [0.25, 0.3) is 0 Å². The van der Waals surface area contributed by atoms with Crippen LogP contribution in [0.2, 0.25) is 0 Å². The van der Waals surface area contributed by atoms with Crippen LogP contribution in [0.15, 0.2) is 73.1 Å². The van der Waals surface area contributed by atoms with Crippen molar-refractivity contribution < 1.29 is 0 Å². The predicted molar refractivity (Wildman–Crippen MR) is 118 cm³/mol. The van der Waals surface area contributed by atoms with E-state index in [2.05, 4.69) is 66.5 Å². The minimum Gasteiger partial charge on any atom is -0.354 e. The molecule has 0 aliphatic carbocycles. The van der Waals surface area contributed by atoms with Crippen LogP contribution in [0.1, 0.15) is 11.3 Å². The van der Waals surface area contributed by atoms with Gasteiger partial charge in [0.05, 0.1) is 12.2 Å². The number of aromatic nitrogens is 3. The molecule has 0 spiro atoms. The third-order valence-corrected chi connectivity index (χ3v) is 4.96. The van der Waals surface area contributed by atoms with Crippen LogP contribution in [0.4, 0.5) is 11.8 Å². The van der Waals surface area contributed by atoms with E-state index in [0.29, 0.717) is 12.5 Å². The lowest BCUT2D eigenvalue weighted by Crippen LogP contribution is -2.46. The molecule has 3 heterocycles. The minimum absolute atomic E-state index is 0.617. The zero-order valence-corrected chi connectivity index (χ0v) is 16.5. The maximum absolute atomic E-state index is 4.68. The Morgan fingerprint density at radius 2 is 1.69 bits per heavy atom. The first-order valence-corrected chi connectivity index (χ1v) is 10.0. The van der Waals surface area contributed by atoms with Crippen LogP contribution in [0.25, 0.3) is 6.08 Å². The van der Waals surface area contributed by atoms with Crippen LogP contribution in [0.3, 0.4) is 0 Å². The Balaban J connectivity index is 1.26. The number of nitrogens with one attached hydrogen (secondary N) is 1. The molecule has 2 aromatic heterocycles. The van der Waals surface area contributed by atoms with Crippen molar-refractivity contribution in [3.05, 3.63) is 84.3 Å². The van der Waals surface area contributed by atoms with Crippen LogP contribution in [-0.4, -0.2) is 52.6 Å². The molecule has 6 nitrogen and oxygen atoms in total. The Kier molecular flexibility index (Phi) is 6.45. The van der Waals surface area contributed by atoms with Crippen LogP contribution >= 0.6 is 0 Å². The van der Waals surface area contributed by atoms with Gasteiger partial charge in [0.15, 0.2) is 0 Å². The van der Waals surface area contributed by atoms with Crippen molar-refractivity contribution >= 4 is 17.8 Å². The largest absolute Gasteiger partial charge is 0.354 e. The average molecular weight is 387 g/mol. The van der Waals surface area contributed by atoms with E-state index in [4.69, 9.17) is 0 Å². The van der Waals surface area contributed by atoms with E-state index in [-0.39, 0.29) is 0 Å². The standard InChI is InChI=1S/C23H26N6/c1-2-7-20(8-3-1)9-6-14-28-15-17-29(18-16-28)22-11-13-25-23(27-22)26-19-21-10-4-5-12-24-21/h1-13H,14-19H2,(H,25,26,27)/b9-6+. The normalized spacial score (nSPS) is 15.0. The second-order valence-corrected chi connectivity index (χ2v) is 7.01. The molecular weight excluding hydrogens is 360 g/mol. The van der Waals surface area contributed by atoms with Gasteiger partial charge in [-0.25, -0.2) is 4.98 Å². The molecule has 29 heavy (non-hydrogen) atoms. The predicted octanol–water partition coefficient (Wildman–Crippen LogP) is 3.32. The second-order valence-electron chi connectivity index (χ2n) is 7.01. The lowest BCUT2D eigenvalue weighted by Gasteiger charge is -2.34. The van der Waals surface area contributed by atoms with Gasteiger partial charge in [0.1, 0.15) is 5.82 Å². The van der Waals surface area contributed by atoms with Crippen LogP contribution in [0, 0.1) is 0 Å². The molecule has 1 aliphatic heterocycles. The van der Waals surface area contributed by atoms with Crippen LogP contribution in [0.5, 0.6) is 0 Å². The number of rotatable bonds is 7. The molecule has 0 atom stereocenters. The Hall–Kier alpha value is -3.25. The van der Waals surface area contributed by atoms with Crippen molar-refractivity contribution in [3.8, 4) is 0 Å². The number of nitrogens with zero attached hydrogens (tertiary/aromatic N) is 5. The molecule has 1 saturated heterocycles. The van der Waals surface area contributed by atoms with E-state index in [1.807, 2.05) is 36.5 Å². The van der Waals surface area contributed by atoms with Gasteiger partial charge in [-0.1, -0.05) is 48.6 Å². The number of anilines is 2. The van der Waals surface area contributed by atoms with E-state index in [1.54, 1.807) is 6.20 Å². The lowest BCUT2D eigenvalue weighted by molar-refractivity contribution is 0.283. The summed E-state index contributed by atoms with van der Waals surface area (Å²) in [6.45, 7) is 5.58. The van der Waals surface area contributed by atoms with E-state index in [1.165, 1.54) is 5.56 Å². The number of hydrogen-bond donors (Lipinski definition) is 1. The fourth-order valence-electron chi connectivity index (χ4n) is 3.34. The summed E-state index contributed by atoms with van der Waals surface area (Å²) in [5, 5.41) is 3.26. The molecule has 0 unspecified atom stereocenters. The maximum Gasteiger partial charge on any atom is 0.224 e. The van der Waals surface area contributed by atoms with E-state index in [9.17, 15) is 0 Å². The fraction of sp³-hybridized carbons (Fsp3) is 0.261. The highest BCUT2D eigenvalue weighted by atomic mass is 15.3. The van der Waals surface area contributed by atoms with Crippen molar-refractivity contribution in [3.63, 3.8) is 0 Å². The number of piperazine rings is 1. The first kappa shape index (κ1) is 19.1. The van der Waals surface area contributed by atoms with Gasteiger partial charge >= 0.3 is 0 Å². The lowest BCUT2D eigenvalue weighted by atomic mass is 10.2. The van der Waals surface area contributed by atoms with Gasteiger partial charge in [0, 0.05) is 45.1 Å². The zero-order chi connectivity index (χ0) is 19.7. The molecule has 1 aliphatic rings. The molecule has 3 aromatic rings. The SMILES string of the molecule is C(=C\c1ccccc1)/CN1CCN(c2ccnc(NCc3ccccn3)n2)CC1. The molecule has 0 radical (unpaired) electrons. The summed E-state index contributed by atoms with van der Waals surface area (Å²) in [7, 11) is 0. The van der Waals surface area contributed by atoms with Crippen LogP contribution in [-0.2, 0) is 6.54 Å². The van der Waals surface area contributed by atoms with Gasteiger partial charge in [-0.05, 0) is 23.8 Å². The summed E-state index contributed by atoms with van der Waals surface area (Å²) >= 11 is 0. The number of pyridine rings is 1. The highest BCUT2D eigenvalue weighted by Gasteiger charge is 2.17. The zero-order valence-electron chi connectivity index (χ0n) is 16.5. The van der Waals surface area contributed by atoms with E-state index in [0.717, 1.165) is 44.2 Å². The third-order valence-electron chi connectivity index (χ3n) is 4.96. The van der Waals surface area contributed by atoms with Crippen molar-refractivity contribution in [2.24, 2.45) is 0 Å². The first-order chi connectivity index (χ1) is 14.4. The average Bonchev–Trinajstić information content (AvgIpc) is 2.80. The molecule has 0 amide bonds. The topological polar surface area (TPSA) is 57.2 Å². The molecule has 1 N–H and O–H groups in total. The van der Waals surface area contributed by atoms with E-state index >= 15 is 0 Å². The Labute approximate surface area is 171 Å². The summed E-state index contributed by atoms with van der Waals surface area (Å²) < 4.78 is 0. The van der Waals surface area contributed by atoms with Gasteiger partial charge < -0.3 is 10.2 Å². The Morgan fingerprint density at radius 3 is 2.48 bits per heavy atom. The Morgan fingerprint density at radius 1 is 0.862 bits per heavy atom. The highest BCUT2D eigenvalue weighted by molar-refractivity contribution is 5.49. The molecule has 0 bridgehead atoms.